The first-order chi connectivity index (χ1) is 13.5. The third kappa shape index (κ3) is 4.44. The minimum absolute atomic E-state index is 0.142. The fourth-order valence-corrected chi connectivity index (χ4v) is 3.86. The summed E-state index contributed by atoms with van der Waals surface area (Å²) in [6.45, 7) is 7.38. The lowest BCUT2D eigenvalue weighted by Gasteiger charge is -2.42. The van der Waals surface area contributed by atoms with Crippen LogP contribution in [0.2, 0.25) is 0 Å². The van der Waals surface area contributed by atoms with Gasteiger partial charge in [-0.25, -0.2) is 4.98 Å². The van der Waals surface area contributed by atoms with Crippen LogP contribution in [-0.2, 0) is 6.54 Å². The lowest BCUT2D eigenvalue weighted by atomic mass is 10.0. The van der Waals surface area contributed by atoms with E-state index in [1.165, 1.54) is 5.56 Å². The van der Waals surface area contributed by atoms with Crippen molar-refractivity contribution in [3.05, 3.63) is 52.7 Å². The second-order valence-corrected chi connectivity index (χ2v) is 7.32. The van der Waals surface area contributed by atoms with E-state index in [-0.39, 0.29) is 12.6 Å². The number of anilines is 1. The number of piperazine rings is 1. The number of aryl methyl sites for hydroxylation is 2. The fourth-order valence-electron chi connectivity index (χ4n) is 3.86. The quantitative estimate of drug-likeness (QED) is 0.831. The number of hydrogen-bond acceptors (Lipinski definition) is 6. The predicted molar refractivity (Wildman–Crippen MR) is 110 cm³/mol. The zero-order valence-electron chi connectivity index (χ0n) is 16.9. The van der Waals surface area contributed by atoms with Crippen LogP contribution in [0.4, 0.5) is 5.82 Å². The number of aliphatic hydroxyl groups excluding tert-OH is 1. The molecular weight excluding hydrogens is 352 g/mol. The standard InChI is InChI=1S/C22H28N4O2/c1-16-12-18(5-7-21(16)28-3)14-25-9-10-26(15-20(25)8-11-27)22-19(13-23)6-4-17(2)24-22/h4-7,12,20,27H,8-11,14-15H2,1-3H3/t20-/m0/s1. The Labute approximate surface area is 167 Å². The van der Waals surface area contributed by atoms with Crippen LogP contribution in [0, 0.1) is 25.2 Å². The zero-order chi connectivity index (χ0) is 20.1. The highest BCUT2D eigenvalue weighted by Gasteiger charge is 2.28. The van der Waals surface area contributed by atoms with Gasteiger partial charge in [-0.05, 0) is 49.6 Å². The Bertz CT molecular complexity index is 862. The van der Waals surface area contributed by atoms with Gasteiger partial charge in [0, 0.05) is 44.5 Å². The van der Waals surface area contributed by atoms with Crippen LogP contribution in [0.1, 0.15) is 28.8 Å². The van der Waals surface area contributed by atoms with Crippen LogP contribution in [0.25, 0.3) is 0 Å². The summed E-state index contributed by atoms with van der Waals surface area (Å²) < 4.78 is 5.36. The first-order valence-electron chi connectivity index (χ1n) is 9.66. The summed E-state index contributed by atoms with van der Waals surface area (Å²) in [6.07, 6.45) is 0.694. The Hall–Kier alpha value is -2.62. The Kier molecular flexibility index (Phi) is 6.50. The molecule has 0 spiro atoms. The van der Waals surface area contributed by atoms with Gasteiger partial charge in [0.2, 0.25) is 0 Å². The van der Waals surface area contributed by atoms with E-state index in [0.29, 0.717) is 12.0 Å². The molecule has 2 aromatic rings. The van der Waals surface area contributed by atoms with Crippen molar-refractivity contribution in [2.75, 3.05) is 38.3 Å². The molecule has 1 aliphatic rings. The number of aliphatic hydroxyl groups is 1. The number of rotatable bonds is 6. The molecule has 28 heavy (non-hydrogen) atoms. The van der Waals surface area contributed by atoms with E-state index in [9.17, 15) is 10.4 Å². The third-order valence-corrected chi connectivity index (χ3v) is 5.35. The first-order valence-corrected chi connectivity index (χ1v) is 9.66. The van der Waals surface area contributed by atoms with Crippen LogP contribution >= 0.6 is 0 Å². The molecule has 148 valence electrons. The van der Waals surface area contributed by atoms with Crippen molar-refractivity contribution >= 4 is 5.82 Å². The molecule has 0 amide bonds. The summed E-state index contributed by atoms with van der Waals surface area (Å²) >= 11 is 0. The zero-order valence-corrected chi connectivity index (χ0v) is 16.9. The molecule has 0 bridgehead atoms. The lowest BCUT2D eigenvalue weighted by Crippen LogP contribution is -2.53. The van der Waals surface area contributed by atoms with E-state index in [1.807, 2.05) is 25.1 Å². The van der Waals surface area contributed by atoms with Crippen LogP contribution in [0.15, 0.2) is 30.3 Å². The molecule has 6 nitrogen and oxygen atoms in total. The maximum absolute atomic E-state index is 9.59. The minimum atomic E-state index is 0.142. The molecule has 0 radical (unpaired) electrons. The fraction of sp³-hybridized carbons (Fsp3) is 0.455. The Morgan fingerprint density at radius 3 is 2.75 bits per heavy atom. The molecule has 1 aromatic heterocycles. The highest BCUT2D eigenvalue weighted by atomic mass is 16.5. The van der Waals surface area contributed by atoms with Crippen molar-refractivity contribution in [1.29, 1.82) is 5.26 Å². The SMILES string of the molecule is COc1ccc(CN2CCN(c3nc(C)ccc3C#N)C[C@@H]2CCO)cc1C. The van der Waals surface area contributed by atoms with Gasteiger partial charge in [0.15, 0.2) is 0 Å². The van der Waals surface area contributed by atoms with Crippen molar-refractivity contribution in [3.8, 4) is 11.8 Å². The lowest BCUT2D eigenvalue weighted by molar-refractivity contribution is 0.135. The number of nitrogens with zero attached hydrogens (tertiary/aromatic N) is 4. The summed E-state index contributed by atoms with van der Waals surface area (Å²) in [4.78, 5) is 9.21. The predicted octanol–water partition coefficient (Wildman–Crippen LogP) is 2.65. The van der Waals surface area contributed by atoms with E-state index in [2.05, 4.69) is 39.9 Å². The van der Waals surface area contributed by atoms with Gasteiger partial charge in [-0.1, -0.05) is 12.1 Å². The third-order valence-electron chi connectivity index (χ3n) is 5.35. The summed E-state index contributed by atoms with van der Waals surface area (Å²) in [5, 5.41) is 19.0. The van der Waals surface area contributed by atoms with E-state index in [1.54, 1.807) is 7.11 Å². The molecule has 1 atom stereocenters. The van der Waals surface area contributed by atoms with Crippen molar-refractivity contribution in [2.45, 2.75) is 32.9 Å². The van der Waals surface area contributed by atoms with Crippen LogP contribution in [0.3, 0.4) is 0 Å². The van der Waals surface area contributed by atoms with Crippen LogP contribution in [0.5, 0.6) is 5.75 Å². The summed E-state index contributed by atoms with van der Waals surface area (Å²) in [7, 11) is 1.69. The van der Waals surface area contributed by atoms with E-state index < -0.39 is 0 Å². The van der Waals surface area contributed by atoms with Gasteiger partial charge in [0.05, 0.1) is 12.7 Å². The molecule has 0 saturated carbocycles. The van der Waals surface area contributed by atoms with Crippen LogP contribution < -0.4 is 9.64 Å². The molecule has 1 aliphatic heterocycles. The van der Waals surface area contributed by atoms with Gasteiger partial charge >= 0.3 is 0 Å². The van der Waals surface area contributed by atoms with Gasteiger partial charge in [-0.2, -0.15) is 5.26 Å². The normalized spacial score (nSPS) is 17.4. The molecule has 0 unspecified atom stereocenters. The first kappa shape index (κ1) is 20.1. The van der Waals surface area contributed by atoms with Gasteiger partial charge in [0.1, 0.15) is 17.6 Å². The summed E-state index contributed by atoms with van der Waals surface area (Å²) in [6, 6.07) is 12.4. The van der Waals surface area contributed by atoms with Gasteiger partial charge in [-0.3, -0.25) is 4.90 Å². The van der Waals surface area contributed by atoms with Crippen molar-refractivity contribution in [2.24, 2.45) is 0 Å². The highest BCUT2D eigenvalue weighted by Crippen LogP contribution is 2.25. The Balaban J connectivity index is 1.77. The molecule has 0 aliphatic carbocycles. The van der Waals surface area contributed by atoms with Crippen LogP contribution in [-0.4, -0.2) is 54.4 Å². The summed E-state index contributed by atoms with van der Waals surface area (Å²) in [5.41, 5.74) is 3.87. The Morgan fingerprint density at radius 2 is 2.07 bits per heavy atom. The number of benzene rings is 1. The molecule has 1 fully saturated rings. The topological polar surface area (TPSA) is 72.6 Å². The number of nitriles is 1. The average molecular weight is 380 g/mol. The minimum Gasteiger partial charge on any atom is -0.496 e. The maximum Gasteiger partial charge on any atom is 0.146 e. The highest BCUT2D eigenvalue weighted by molar-refractivity contribution is 5.54. The van der Waals surface area contributed by atoms with Gasteiger partial charge < -0.3 is 14.7 Å². The van der Waals surface area contributed by atoms with Gasteiger partial charge in [-0.15, -0.1) is 0 Å². The molecule has 6 heteroatoms. The van der Waals surface area contributed by atoms with E-state index >= 15 is 0 Å². The largest absolute Gasteiger partial charge is 0.496 e. The van der Waals surface area contributed by atoms with E-state index in [0.717, 1.165) is 49.0 Å². The monoisotopic (exact) mass is 380 g/mol. The number of methoxy groups -OCH3 is 1. The maximum atomic E-state index is 9.59. The van der Waals surface area contributed by atoms with E-state index in [4.69, 9.17) is 4.74 Å². The number of ether oxygens (including phenoxy) is 1. The van der Waals surface area contributed by atoms with Crippen molar-refractivity contribution < 1.29 is 9.84 Å². The molecule has 3 rings (SSSR count). The Morgan fingerprint density at radius 1 is 1.25 bits per heavy atom. The number of aromatic nitrogens is 1. The second-order valence-electron chi connectivity index (χ2n) is 7.32. The molecule has 1 saturated heterocycles. The van der Waals surface area contributed by atoms with Gasteiger partial charge in [0.25, 0.3) is 0 Å². The molecule has 1 aromatic carbocycles. The van der Waals surface area contributed by atoms with Crippen molar-refractivity contribution in [1.82, 2.24) is 9.88 Å². The number of pyridine rings is 1. The van der Waals surface area contributed by atoms with Crippen molar-refractivity contribution in [3.63, 3.8) is 0 Å². The smallest absolute Gasteiger partial charge is 0.146 e. The number of hydrogen-bond donors (Lipinski definition) is 1. The molecular formula is C22H28N4O2. The average Bonchev–Trinajstić information content (AvgIpc) is 2.69. The molecule has 1 N–H and O–H groups in total. The second kappa shape index (κ2) is 9.05. The molecule has 2 heterocycles. The summed E-state index contributed by atoms with van der Waals surface area (Å²) in [5.74, 6) is 1.65.